The van der Waals surface area contributed by atoms with Gasteiger partial charge in [-0.15, -0.1) is 0 Å². The lowest BCUT2D eigenvalue weighted by atomic mass is 10.3. The molecule has 2 rings (SSSR count). The summed E-state index contributed by atoms with van der Waals surface area (Å²) in [5.74, 6) is 0.446. The fourth-order valence-electron chi connectivity index (χ4n) is 1.51. The summed E-state index contributed by atoms with van der Waals surface area (Å²) in [6.45, 7) is 7.46. The monoisotopic (exact) mass is 203 g/mol. The lowest BCUT2D eigenvalue weighted by Gasteiger charge is -2.07. The lowest BCUT2D eigenvalue weighted by Crippen LogP contribution is -2.07. The van der Waals surface area contributed by atoms with Crippen LogP contribution in [0.2, 0.25) is 0 Å². The number of hydrogen-bond acceptors (Lipinski definition) is 4. The van der Waals surface area contributed by atoms with E-state index in [1.54, 1.807) is 0 Å². The molecule has 15 heavy (non-hydrogen) atoms. The summed E-state index contributed by atoms with van der Waals surface area (Å²) in [4.78, 5) is 8.52. The van der Waals surface area contributed by atoms with Gasteiger partial charge in [0.2, 0.25) is 0 Å². The van der Waals surface area contributed by atoms with E-state index in [0.29, 0.717) is 22.9 Å². The van der Waals surface area contributed by atoms with Crippen molar-refractivity contribution in [3.05, 3.63) is 29.9 Å². The molecule has 0 unspecified atom stereocenters. The van der Waals surface area contributed by atoms with E-state index in [0.717, 1.165) is 11.4 Å². The summed E-state index contributed by atoms with van der Waals surface area (Å²) >= 11 is 0. The van der Waals surface area contributed by atoms with E-state index >= 15 is 0 Å². The Hall–Kier alpha value is -2.04. The predicted molar refractivity (Wildman–Crippen MR) is 60.1 cm³/mol. The van der Waals surface area contributed by atoms with Crippen molar-refractivity contribution in [3.63, 3.8) is 0 Å². The Labute approximate surface area is 87.4 Å². The Bertz CT molecular complexity index is 552. The topological polar surface area (TPSA) is 82.2 Å². The predicted octanol–water partition coefficient (Wildman–Crippen LogP) is 0.858. The zero-order valence-corrected chi connectivity index (χ0v) is 8.78. The highest BCUT2D eigenvalue weighted by Gasteiger charge is 2.12. The van der Waals surface area contributed by atoms with Gasteiger partial charge in [-0.25, -0.2) is 9.97 Å². The van der Waals surface area contributed by atoms with Gasteiger partial charge in [0.15, 0.2) is 5.65 Å². The molecule has 0 aliphatic heterocycles. The van der Waals surface area contributed by atoms with Crippen molar-refractivity contribution in [2.45, 2.75) is 13.8 Å². The third-order valence-corrected chi connectivity index (χ3v) is 2.31. The highest BCUT2D eigenvalue weighted by atomic mass is 15.1. The van der Waals surface area contributed by atoms with Crippen molar-refractivity contribution in [1.29, 1.82) is 0 Å². The summed E-state index contributed by atoms with van der Waals surface area (Å²) in [5.41, 5.74) is 14.8. The quantitative estimate of drug-likeness (QED) is 0.720. The van der Waals surface area contributed by atoms with Crippen LogP contribution in [0.4, 0.5) is 5.82 Å². The minimum atomic E-state index is 0.373. The number of nitrogens with zero attached hydrogens (tertiary/aromatic N) is 3. The molecule has 4 N–H and O–H groups in total. The molecule has 0 aliphatic carbocycles. The highest BCUT2D eigenvalue weighted by molar-refractivity contribution is 5.71. The molecule has 0 radical (unpaired) electrons. The molecular formula is C10H13N5. The molecule has 0 aromatic carbocycles. The number of anilines is 1. The third kappa shape index (κ3) is 1.32. The molecule has 0 fully saturated rings. The Morgan fingerprint density at radius 3 is 2.67 bits per heavy atom. The smallest absolute Gasteiger partial charge is 0.165 e. The largest absolute Gasteiger partial charge is 0.397 e. The summed E-state index contributed by atoms with van der Waals surface area (Å²) in [7, 11) is 0. The molecule has 0 spiro atoms. The van der Waals surface area contributed by atoms with Crippen LogP contribution in [0.25, 0.3) is 11.3 Å². The van der Waals surface area contributed by atoms with Crippen LogP contribution in [0.3, 0.4) is 0 Å². The van der Waals surface area contributed by atoms with Gasteiger partial charge in [-0.3, -0.25) is 4.40 Å². The second-order valence-electron chi connectivity index (χ2n) is 3.53. The van der Waals surface area contributed by atoms with Gasteiger partial charge in [0.1, 0.15) is 11.5 Å². The van der Waals surface area contributed by atoms with Gasteiger partial charge in [-0.05, 0) is 13.8 Å². The fourth-order valence-corrected chi connectivity index (χ4v) is 1.51. The van der Waals surface area contributed by atoms with E-state index in [9.17, 15) is 0 Å². The number of nitrogen functional groups attached to an aromatic ring is 1. The molecule has 0 saturated heterocycles. The van der Waals surface area contributed by atoms with Gasteiger partial charge in [0.25, 0.3) is 0 Å². The molecule has 0 saturated carbocycles. The zero-order valence-electron chi connectivity index (χ0n) is 8.78. The van der Waals surface area contributed by atoms with Crippen LogP contribution < -0.4 is 11.5 Å². The van der Waals surface area contributed by atoms with E-state index in [2.05, 4.69) is 16.5 Å². The Balaban J connectivity index is 2.93. The van der Waals surface area contributed by atoms with Crippen molar-refractivity contribution in [3.8, 4) is 0 Å². The van der Waals surface area contributed by atoms with Crippen LogP contribution in [-0.2, 0) is 0 Å². The van der Waals surface area contributed by atoms with Crippen molar-refractivity contribution >= 4 is 17.2 Å². The first-order valence-electron chi connectivity index (χ1n) is 4.57. The maximum Gasteiger partial charge on any atom is 0.165 e. The average molecular weight is 203 g/mol. The van der Waals surface area contributed by atoms with E-state index in [4.69, 9.17) is 11.5 Å². The third-order valence-electron chi connectivity index (χ3n) is 2.31. The molecule has 0 atom stereocenters. The van der Waals surface area contributed by atoms with Crippen LogP contribution in [0, 0.1) is 13.8 Å². The zero-order chi connectivity index (χ0) is 11.2. The van der Waals surface area contributed by atoms with Gasteiger partial charge in [-0.1, -0.05) is 6.58 Å². The van der Waals surface area contributed by atoms with Gasteiger partial charge in [0, 0.05) is 6.20 Å². The number of aryl methyl sites for hydroxylation is 2. The maximum absolute atomic E-state index is 5.78. The normalized spacial score (nSPS) is 10.8. The van der Waals surface area contributed by atoms with E-state index < -0.39 is 0 Å². The van der Waals surface area contributed by atoms with Crippen molar-refractivity contribution in [1.82, 2.24) is 14.4 Å². The first-order valence-corrected chi connectivity index (χ1v) is 4.57. The number of hydrogen-bond donors (Lipinski definition) is 2. The lowest BCUT2D eigenvalue weighted by molar-refractivity contribution is 1.04. The molecular weight excluding hydrogens is 190 g/mol. The molecule has 2 aromatic heterocycles. The van der Waals surface area contributed by atoms with Crippen LogP contribution in [0.5, 0.6) is 0 Å². The molecule has 78 valence electrons. The molecule has 5 heteroatoms. The van der Waals surface area contributed by atoms with Crippen molar-refractivity contribution in [2.75, 3.05) is 5.73 Å². The summed E-state index contributed by atoms with van der Waals surface area (Å²) < 4.78 is 1.88. The van der Waals surface area contributed by atoms with Crippen LogP contribution in [-0.4, -0.2) is 14.4 Å². The Morgan fingerprint density at radius 2 is 2.07 bits per heavy atom. The van der Waals surface area contributed by atoms with Crippen LogP contribution in [0.15, 0.2) is 12.8 Å². The number of imidazole rings is 1. The summed E-state index contributed by atoms with van der Waals surface area (Å²) in [6.07, 6.45) is 1.90. The number of rotatable bonds is 1. The number of aromatic nitrogens is 3. The van der Waals surface area contributed by atoms with Gasteiger partial charge < -0.3 is 11.5 Å². The van der Waals surface area contributed by atoms with E-state index in [1.807, 2.05) is 24.4 Å². The number of nitrogens with two attached hydrogens (primary N) is 2. The van der Waals surface area contributed by atoms with Gasteiger partial charge in [0.05, 0.1) is 17.1 Å². The van der Waals surface area contributed by atoms with E-state index in [1.165, 1.54) is 0 Å². The van der Waals surface area contributed by atoms with Crippen molar-refractivity contribution < 1.29 is 0 Å². The second-order valence-corrected chi connectivity index (χ2v) is 3.53. The maximum atomic E-state index is 5.78. The fraction of sp³-hybridized carbons (Fsp3) is 0.200. The standard InChI is InChI=1S/C10H13N5/c1-5-4-15-7(3)9(12)14-8(6(2)11)10(15)13-5/h4H,2,11-12H2,1,3H3. The summed E-state index contributed by atoms with van der Waals surface area (Å²) in [5, 5.41) is 0. The molecule has 0 amide bonds. The van der Waals surface area contributed by atoms with Gasteiger partial charge in [-0.2, -0.15) is 0 Å². The molecule has 2 aromatic rings. The molecule has 0 aliphatic rings. The summed E-state index contributed by atoms with van der Waals surface area (Å²) in [6, 6.07) is 0. The molecule has 5 nitrogen and oxygen atoms in total. The number of fused-ring (bicyclic) bond motifs is 1. The highest BCUT2D eigenvalue weighted by Crippen LogP contribution is 2.18. The first-order chi connectivity index (χ1) is 7.00. The van der Waals surface area contributed by atoms with Crippen LogP contribution >= 0.6 is 0 Å². The first kappa shape index (κ1) is 9.51. The SMILES string of the molecule is C=C(N)c1nc(N)c(C)n2cc(C)nc12. The van der Waals surface area contributed by atoms with Crippen LogP contribution in [0.1, 0.15) is 17.1 Å². The van der Waals surface area contributed by atoms with Gasteiger partial charge >= 0.3 is 0 Å². The average Bonchev–Trinajstić information content (AvgIpc) is 2.53. The second kappa shape index (κ2) is 2.98. The minimum Gasteiger partial charge on any atom is -0.397 e. The van der Waals surface area contributed by atoms with Crippen molar-refractivity contribution in [2.24, 2.45) is 5.73 Å². The molecule has 0 bridgehead atoms. The minimum absolute atomic E-state index is 0.373. The van der Waals surface area contributed by atoms with E-state index in [-0.39, 0.29) is 0 Å². The molecule has 2 heterocycles. The Morgan fingerprint density at radius 1 is 1.40 bits per heavy atom. The Kier molecular flexibility index (Phi) is 1.89.